The Hall–Kier alpha value is -0.860. The summed E-state index contributed by atoms with van der Waals surface area (Å²) >= 11 is 0. The number of piperidine rings is 1. The topological polar surface area (TPSA) is 46.2 Å². The zero-order valence-electron chi connectivity index (χ0n) is 12.3. The summed E-state index contributed by atoms with van der Waals surface area (Å²) in [5, 5.41) is 2.55. The third-order valence-corrected chi connectivity index (χ3v) is 5.32. The van der Waals surface area contributed by atoms with Gasteiger partial charge in [0.1, 0.15) is 0 Å². The van der Waals surface area contributed by atoms with Gasteiger partial charge in [-0.3, -0.25) is 14.9 Å². The standard InChI is InChI=1S/C16H27NO2/c1-3-6-13-15(19)17-14(18)11-16(13)9-5-7-12(4-2)8-10-16/h12-13H,3-11H2,1-2H3,(H,17,18,19). The van der Waals surface area contributed by atoms with Gasteiger partial charge < -0.3 is 0 Å². The van der Waals surface area contributed by atoms with Crippen LogP contribution in [0.25, 0.3) is 0 Å². The summed E-state index contributed by atoms with van der Waals surface area (Å²) in [6, 6.07) is 0. The molecule has 3 heteroatoms. The Balaban J connectivity index is 2.20. The molecule has 1 saturated heterocycles. The first-order valence-corrected chi connectivity index (χ1v) is 7.95. The highest BCUT2D eigenvalue weighted by atomic mass is 16.2. The molecule has 0 aromatic heterocycles. The Morgan fingerprint density at radius 3 is 2.68 bits per heavy atom. The fourth-order valence-corrected chi connectivity index (χ4v) is 4.15. The number of amides is 2. The summed E-state index contributed by atoms with van der Waals surface area (Å²) < 4.78 is 0. The minimum atomic E-state index is -0.0488. The van der Waals surface area contributed by atoms with Crippen molar-refractivity contribution in [1.29, 1.82) is 0 Å². The second-order valence-electron chi connectivity index (χ2n) is 6.50. The Kier molecular flexibility index (Phi) is 4.64. The van der Waals surface area contributed by atoms with Crippen LogP contribution in [-0.2, 0) is 9.59 Å². The van der Waals surface area contributed by atoms with E-state index in [2.05, 4.69) is 19.2 Å². The Morgan fingerprint density at radius 1 is 1.21 bits per heavy atom. The third kappa shape index (κ3) is 3.01. The maximum absolute atomic E-state index is 12.2. The predicted octanol–water partition coefficient (Wildman–Crippen LogP) is 3.43. The van der Waals surface area contributed by atoms with Gasteiger partial charge in [-0.1, -0.05) is 39.5 Å². The second-order valence-corrected chi connectivity index (χ2v) is 6.50. The van der Waals surface area contributed by atoms with Gasteiger partial charge in [-0.05, 0) is 37.0 Å². The van der Waals surface area contributed by atoms with Crippen molar-refractivity contribution in [3.63, 3.8) is 0 Å². The zero-order chi connectivity index (χ0) is 13.9. The largest absolute Gasteiger partial charge is 0.296 e. The molecule has 2 rings (SSSR count). The van der Waals surface area contributed by atoms with Gasteiger partial charge in [0, 0.05) is 12.3 Å². The van der Waals surface area contributed by atoms with Gasteiger partial charge in [0.05, 0.1) is 0 Å². The Morgan fingerprint density at radius 2 is 2.00 bits per heavy atom. The van der Waals surface area contributed by atoms with E-state index in [9.17, 15) is 9.59 Å². The van der Waals surface area contributed by atoms with Crippen molar-refractivity contribution in [1.82, 2.24) is 5.32 Å². The molecule has 1 spiro atoms. The molecule has 2 fully saturated rings. The fourth-order valence-electron chi connectivity index (χ4n) is 4.15. The molecule has 19 heavy (non-hydrogen) atoms. The van der Waals surface area contributed by atoms with Gasteiger partial charge in [-0.15, -0.1) is 0 Å². The number of rotatable bonds is 3. The van der Waals surface area contributed by atoms with Gasteiger partial charge >= 0.3 is 0 Å². The molecular formula is C16H27NO2. The molecule has 0 radical (unpaired) electrons. The quantitative estimate of drug-likeness (QED) is 0.795. The molecule has 0 aromatic carbocycles. The molecule has 0 aromatic rings. The van der Waals surface area contributed by atoms with Crippen molar-refractivity contribution in [2.24, 2.45) is 17.3 Å². The Labute approximate surface area is 116 Å². The molecule has 3 nitrogen and oxygen atoms in total. The number of carbonyl (C=O) groups excluding carboxylic acids is 2. The molecule has 0 bridgehead atoms. The normalized spacial score (nSPS) is 36.1. The maximum Gasteiger partial charge on any atom is 0.230 e. The monoisotopic (exact) mass is 265 g/mol. The van der Waals surface area contributed by atoms with E-state index in [4.69, 9.17) is 0 Å². The molecule has 2 aliphatic rings. The van der Waals surface area contributed by atoms with Crippen molar-refractivity contribution >= 4 is 11.8 Å². The number of imide groups is 1. The number of hydrogen-bond donors (Lipinski definition) is 1. The lowest BCUT2D eigenvalue weighted by Gasteiger charge is -2.42. The highest BCUT2D eigenvalue weighted by Gasteiger charge is 2.47. The van der Waals surface area contributed by atoms with Crippen molar-refractivity contribution in [3.05, 3.63) is 0 Å². The summed E-state index contributed by atoms with van der Waals surface area (Å²) in [5.41, 5.74) is -0.0284. The lowest BCUT2D eigenvalue weighted by Crippen LogP contribution is -2.52. The van der Waals surface area contributed by atoms with E-state index < -0.39 is 0 Å². The molecule has 1 N–H and O–H groups in total. The number of hydrogen-bond acceptors (Lipinski definition) is 2. The third-order valence-electron chi connectivity index (χ3n) is 5.32. The molecule has 1 saturated carbocycles. The first kappa shape index (κ1) is 14.5. The first-order chi connectivity index (χ1) is 9.11. The zero-order valence-corrected chi connectivity index (χ0v) is 12.3. The van der Waals surface area contributed by atoms with E-state index in [1.807, 2.05) is 0 Å². The predicted molar refractivity (Wildman–Crippen MR) is 75.5 cm³/mol. The molecule has 108 valence electrons. The van der Waals surface area contributed by atoms with E-state index >= 15 is 0 Å². The molecule has 3 atom stereocenters. The van der Waals surface area contributed by atoms with Gasteiger partial charge in [-0.2, -0.15) is 0 Å². The summed E-state index contributed by atoms with van der Waals surface area (Å²) in [4.78, 5) is 24.0. The lowest BCUT2D eigenvalue weighted by atomic mass is 9.64. The van der Waals surface area contributed by atoms with Crippen LogP contribution in [0.5, 0.6) is 0 Å². The van der Waals surface area contributed by atoms with Crippen LogP contribution in [0.3, 0.4) is 0 Å². The van der Waals surface area contributed by atoms with Crippen LogP contribution in [0.2, 0.25) is 0 Å². The molecule has 1 aliphatic heterocycles. The second kappa shape index (κ2) is 6.06. The van der Waals surface area contributed by atoms with E-state index in [0.717, 1.165) is 31.6 Å². The van der Waals surface area contributed by atoms with Crippen molar-refractivity contribution in [2.75, 3.05) is 0 Å². The van der Waals surface area contributed by atoms with Crippen molar-refractivity contribution in [3.8, 4) is 0 Å². The van der Waals surface area contributed by atoms with Gasteiger partial charge in [0.2, 0.25) is 11.8 Å². The van der Waals surface area contributed by atoms with Crippen LogP contribution in [0.4, 0.5) is 0 Å². The average Bonchev–Trinajstić information content (AvgIpc) is 2.57. The van der Waals surface area contributed by atoms with E-state index in [1.165, 1.54) is 25.7 Å². The minimum absolute atomic E-state index is 0.00644. The molecule has 1 heterocycles. The van der Waals surface area contributed by atoms with Gasteiger partial charge in [-0.25, -0.2) is 0 Å². The smallest absolute Gasteiger partial charge is 0.230 e. The van der Waals surface area contributed by atoms with Crippen LogP contribution in [-0.4, -0.2) is 11.8 Å². The highest BCUT2D eigenvalue weighted by molar-refractivity contribution is 5.99. The summed E-state index contributed by atoms with van der Waals surface area (Å²) in [5.74, 6) is 0.799. The molecular weight excluding hydrogens is 238 g/mol. The summed E-state index contributed by atoms with van der Waals surface area (Å²) in [7, 11) is 0. The summed E-state index contributed by atoms with van der Waals surface area (Å²) in [6.07, 6.45) is 9.52. The van der Waals surface area contributed by atoms with Crippen LogP contribution in [0.15, 0.2) is 0 Å². The molecule has 1 aliphatic carbocycles. The fraction of sp³-hybridized carbons (Fsp3) is 0.875. The van der Waals surface area contributed by atoms with Crippen LogP contribution in [0.1, 0.15) is 71.6 Å². The van der Waals surface area contributed by atoms with Crippen LogP contribution >= 0.6 is 0 Å². The highest BCUT2D eigenvalue weighted by Crippen LogP contribution is 2.49. The SMILES string of the molecule is CCCC1C(=O)NC(=O)CC12CCCC(CC)CC2. The van der Waals surface area contributed by atoms with Crippen molar-refractivity contribution in [2.45, 2.75) is 71.6 Å². The van der Waals surface area contributed by atoms with Crippen LogP contribution in [0, 0.1) is 17.3 Å². The Bertz CT molecular complexity index is 353. The van der Waals surface area contributed by atoms with Crippen molar-refractivity contribution < 1.29 is 9.59 Å². The van der Waals surface area contributed by atoms with E-state index in [1.54, 1.807) is 0 Å². The molecule has 3 unspecified atom stereocenters. The summed E-state index contributed by atoms with van der Waals surface area (Å²) in [6.45, 7) is 4.38. The number of carbonyl (C=O) groups is 2. The number of nitrogens with one attached hydrogen (secondary N) is 1. The average molecular weight is 265 g/mol. The van der Waals surface area contributed by atoms with Gasteiger partial charge in [0.25, 0.3) is 0 Å². The lowest BCUT2D eigenvalue weighted by molar-refractivity contribution is -0.145. The van der Waals surface area contributed by atoms with Gasteiger partial charge in [0.15, 0.2) is 0 Å². The minimum Gasteiger partial charge on any atom is -0.296 e. The molecule has 2 amide bonds. The van der Waals surface area contributed by atoms with Crippen LogP contribution < -0.4 is 5.32 Å². The first-order valence-electron chi connectivity index (χ1n) is 7.95. The van der Waals surface area contributed by atoms with E-state index in [0.29, 0.717) is 6.42 Å². The van der Waals surface area contributed by atoms with E-state index in [-0.39, 0.29) is 23.1 Å². The maximum atomic E-state index is 12.2.